The lowest BCUT2D eigenvalue weighted by Gasteiger charge is -2.17. The summed E-state index contributed by atoms with van der Waals surface area (Å²) in [6, 6.07) is 0.0475. The zero-order chi connectivity index (χ0) is 18.2. The van der Waals surface area contributed by atoms with Crippen LogP contribution in [0.4, 0.5) is 0 Å². The van der Waals surface area contributed by atoms with Crippen LogP contribution >= 0.6 is 35.3 Å². The second-order valence-corrected chi connectivity index (χ2v) is 9.49. The van der Waals surface area contributed by atoms with Crippen molar-refractivity contribution in [2.75, 3.05) is 25.1 Å². The lowest BCUT2D eigenvalue weighted by molar-refractivity contribution is 0.581. The predicted molar refractivity (Wildman–Crippen MR) is 118 cm³/mol. The molecule has 9 heteroatoms. The van der Waals surface area contributed by atoms with Crippen molar-refractivity contribution in [1.82, 2.24) is 15.6 Å². The van der Waals surface area contributed by atoms with Crippen LogP contribution in [0.5, 0.6) is 0 Å². The van der Waals surface area contributed by atoms with Gasteiger partial charge in [-0.3, -0.25) is 4.99 Å². The van der Waals surface area contributed by atoms with E-state index in [1.165, 1.54) is 16.8 Å². The molecule has 1 atom stereocenters. The van der Waals surface area contributed by atoms with Gasteiger partial charge in [-0.2, -0.15) is 0 Å². The molecule has 0 spiro atoms. The van der Waals surface area contributed by atoms with Crippen molar-refractivity contribution in [1.29, 1.82) is 0 Å². The number of rotatable bonds is 9. The summed E-state index contributed by atoms with van der Waals surface area (Å²) in [7, 11) is -2.93. The van der Waals surface area contributed by atoms with Crippen LogP contribution in [0.25, 0.3) is 0 Å². The first-order valence-corrected chi connectivity index (χ1v) is 11.3. The Kier molecular flexibility index (Phi) is 11.9. The van der Waals surface area contributed by atoms with E-state index in [0.29, 0.717) is 13.0 Å². The van der Waals surface area contributed by atoms with E-state index in [1.807, 2.05) is 13.8 Å². The molecule has 146 valence electrons. The smallest absolute Gasteiger partial charge is 0.191 e. The number of thiazole rings is 1. The van der Waals surface area contributed by atoms with Crippen molar-refractivity contribution in [3.8, 4) is 0 Å². The van der Waals surface area contributed by atoms with Crippen molar-refractivity contribution in [2.45, 2.75) is 53.0 Å². The molecule has 1 unspecified atom stereocenters. The Morgan fingerprint density at radius 1 is 1.36 bits per heavy atom. The Morgan fingerprint density at radius 2 is 2.04 bits per heavy atom. The number of sulfone groups is 1. The molecule has 1 aromatic rings. The monoisotopic (exact) mass is 502 g/mol. The minimum absolute atomic E-state index is 0. The van der Waals surface area contributed by atoms with E-state index in [4.69, 9.17) is 0 Å². The lowest BCUT2D eigenvalue weighted by atomic mass is 10.3. The molecule has 0 saturated heterocycles. The van der Waals surface area contributed by atoms with Gasteiger partial charge >= 0.3 is 0 Å². The molecule has 0 aliphatic heterocycles. The number of hydrogen-bond acceptors (Lipinski definition) is 5. The Morgan fingerprint density at radius 3 is 2.56 bits per heavy atom. The number of aliphatic imine (C=N–C) groups is 1. The molecule has 25 heavy (non-hydrogen) atoms. The summed E-state index contributed by atoms with van der Waals surface area (Å²) in [5, 5.41) is 7.58. The largest absolute Gasteiger partial charge is 0.357 e. The van der Waals surface area contributed by atoms with Gasteiger partial charge in [0.05, 0.1) is 16.5 Å². The summed E-state index contributed by atoms with van der Waals surface area (Å²) in [5.74, 6) is 0.904. The van der Waals surface area contributed by atoms with Crippen molar-refractivity contribution >= 4 is 51.1 Å². The van der Waals surface area contributed by atoms with E-state index >= 15 is 0 Å². The highest BCUT2D eigenvalue weighted by atomic mass is 127. The Labute approximate surface area is 173 Å². The molecule has 1 heterocycles. The zero-order valence-electron chi connectivity index (χ0n) is 15.8. The average Bonchev–Trinajstić information content (AvgIpc) is 2.85. The van der Waals surface area contributed by atoms with Crippen molar-refractivity contribution in [3.63, 3.8) is 0 Å². The maximum absolute atomic E-state index is 11.3. The van der Waals surface area contributed by atoms with Gasteiger partial charge in [-0.15, -0.1) is 35.3 Å². The van der Waals surface area contributed by atoms with Gasteiger partial charge in [-0.05, 0) is 33.6 Å². The Balaban J connectivity index is 0.00000576. The molecule has 6 nitrogen and oxygen atoms in total. The van der Waals surface area contributed by atoms with Crippen molar-refractivity contribution < 1.29 is 8.42 Å². The molecule has 0 aliphatic carbocycles. The maximum Gasteiger partial charge on any atom is 0.191 e. The molecule has 1 rings (SSSR count). The fraction of sp³-hybridized carbons (Fsp3) is 0.750. The predicted octanol–water partition coefficient (Wildman–Crippen LogP) is 2.55. The summed E-state index contributed by atoms with van der Waals surface area (Å²) in [6.45, 7) is 9.63. The normalized spacial score (nSPS) is 13.2. The minimum atomic E-state index is -2.93. The van der Waals surface area contributed by atoms with Gasteiger partial charge in [0.25, 0.3) is 0 Å². The van der Waals surface area contributed by atoms with Crippen LogP contribution in [-0.2, 0) is 22.7 Å². The molecule has 0 aromatic carbocycles. The molecule has 0 amide bonds. The molecular formula is C16H31IN4O2S2. The Bertz CT molecular complexity index is 645. The molecule has 1 aromatic heterocycles. The number of nitrogens with one attached hydrogen (secondary N) is 2. The van der Waals surface area contributed by atoms with Gasteiger partial charge in [0, 0.05) is 36.7 Å². The number of aryl methyl sites for hydroxylation is 2. The second-order valence-electron chi connectivity index (χ2n) is 5.94. The fourth-order valence-electron chi connectivity index (χ4n) is 2.20. The summed E-state index contributed by atoms with van der Waals surface area (Å²) in [5.41, 5.74) is 1.18. The number of halogens is 1. The third kappa shape index (κ3) is 10.3. The van der Waals surface area contributed by atoms with E-state index in [1.54, 1.807) is 11.3 Å². The number of guanidine groups is 1. The van der Waals surface area contributed by atoms with Crippen LogP contribution in [0, 0.1) is 6.92 Å². The zero-order valence-corrected chi connectivity index (χ0v) is 19.7. The van der Waals surface area contributed by atoms with E-state index in [2.05, 4.69) is 34.5 Å². The van der Waals surface area contributed by atoms with Crippen LogP contribution in [0.15, 0.2) is 4.99 Å². The third-order valence-electron chi connectivity index (χ3n) is 3.52. The number of hydrogen-bond donors (Lipinski definition) is 2. The van der Waals surface area contributed by atoms with Crippen LogP contribution in [0.3, 0.4) is 0 Å². The minimum Gasteiger partial charge on any atom is -0.357 e. The molecule has 0 bridgehead atoms. The van der Waals surface area contributed by atoms with Gasteiger partial charge < -0.3 is 10.6 Å². The van der Waals surface area contributed by atoms with Gasteiger partial charge in [-0.1, -0.05) is 6.92 Å². The van der Waals surface area contributed by atoms with Gasteiger partial charge in [-0.25, -0.2) is 13.4 Å². The SMILES string of the molecule is CCNC(=NCCc1nc(CC)c(C)s1)NC(C)CCS(C)(=O)=O.I. The van der Waals surface area contributed by atoms with Crippen LogP contribution in [0.2, 0.25) is 0 Å². The van der Waals surface area contributed by atoms with Crippen molar-refractivity contribution in [2.24, 2.45) is 4.99 Å². The molecule has 0 saturated carbocycles. The highest BCUT2D eigenvalue weighted by Crippen LogP contribution is 2.18. The number of aromatic nitrogens is 1. The molecule has 0 aliphatic rings. The van der Waals surface area contributed by atoms with E-state index in [-0.39, 0.29) is 35.8 Å². The first-order chi connectivity index (χ1) is 11.2. The van der Waals surface area contributed by atoms with Gasteiger partial charge in [0.15, 0.2) is 5.96 Å². The number of nitrogens with zero attached hydrogens (tertiary/aromatic N) is 2. The van der Waals surface area contributed by atoms with E-state index in [0.717, 1.165) is 30.4 Å². The summed E-state index contributed by atoms with van der Waals surface area (Å²) >= 11 is 1.74. The standard InChI is InChI=1S/C16H30N4O2S2.HI/c1-6-14-13(4)23-15(20-14)8-10-18-16(17-7-2)19-12(3)9-11-24(5,21)22;/h12H,6-11H2,1-5H3,(H2,17,18,19);1H. The Hall–Kier alpha value is -0.420. The second kappa shape index (κ2) is 12.1. The van der Waals surface area contributed by atoms with Gasteiger partial charge in [0.1, 0.15) is 9.84 Å². The summed E-state index contributed by atoms with van der Waals surface area (Å²) in [6.07, 6.45) is 3.61. The van der Waals surface area contributed by atoms with Crippen LogP contribution < -0.4 is 10.6 Å². The van der Waals surface area contributed by atoms with Crippen LogP contribution in [-0.4, -0.2) is 50.5 Å². The molecule has 2 N–H and O–H groups in total. The first kappa shape index (κ1) is 24.6. The topological polar surface area (TPSA) is 83.4 Å². The summed E-state index contributed by atoms with van der Waals surface area (Å²) < 4.78 is 22.5. The third-order valence-corrected chi connectivity index (χ3v) is 5.57. The van der Waals surface area contributed by atoms with E-state index < -0.39 is 9.84 Å². The lowest BCUT2D eigenvalue weighted by Crippen LogP contribution is -2.43. The molecular weight excluding hydrogens is 471 g/mol. The fourth-order valence-corrected chi connectivity index (χ4v) is 3.99. The molecule has 0 fully saturated rings. The highest BCUT2D eigenvalue weighted by molar-refractivity contribution is 14.0. The van der Waals surface area contributed by atoms with Gasteiger partial charge in [0.2, 0.25) is 0 Å². The quantitative estimate of drug-likeness (QED) is 0.308. The summed E-state index contributed by atoms with van der Waals surface area (Å²) in [4.78, 5) is 10.5. The van der Waals surface area contributed by atoms with E-state index in [9.17, 15) is 8.42 Å². The average molecular weight is 502 g/mol. The highest BCUT2D eigenvalue weighted by Gasteiger charge is 2.10. The van der Waals surface area contributed by atoms with Crippen molar-refractivity contribution in [3.05, 3.63) is 15.6 Å². The van der Waals surface area contributed by atoms with Crippen LogP contribution in [0.1, 0.15) is 42.8 Å². The maximum atomic E-state index is 11.3. The molecule has 0 radical (unpaired) electrons. The first-order valence-electron chi connectivity index (χ1n) is 8.42.